The van der Waals surface area contributed by atoms with E-state index in [4.69, 9.17) is 0 Å². The highest BCUT2D eigenvalue weighted by atomic mass is 19.1. The van der Waals surface area contributed by atoms with Gasteiger partial charge in [0.1, 0.15) is 0 Å². The fraction of sp³-hybridized carbons (Fsp3) is 0.294. The van der Waals surface area contributed by atoms with Crippen molar-refractivity contribution in [1.82, 2.24) is 4.90 Å². The first-order valence-corrected chi connectivity index (χ1v) is 14.2. The van der Waals surface area contributed by atoms with Gasteiger partial charge in [-0.2, -0.15) is 0 Å². The van der Waals surface area contributed by atoms with Crippen molar-refractivity contribution in [3.63, 3.8) is 0 Å². The minimum Gasteiger partial charge on any atom is -0.505 e. The maximum Gasteiger partial charge on any atom is 0.241 e. The minimum absolute atomic E-state index is 0.167. The number of hydrogen-bond donors (Lipinski definition) is 1. The van der Waals surface area contributed by atoms with Crippen LogP contribution in [0.4, 0.5) is 10.1 Å². The predicted octanol–water partition coefficient (Wildman–Crippen LogP) is 4.96. The summed E-state index contributed by atoms with van der Waals surface area (Å²) < 4.78 is 14.8. The molecule has 0 aromatic heterocycles. The maximum absolute atomic E-state index is 14.8. The molecule has 7 nitrogen and oxygen atoms in total. The van der Waals surface area contributed by atoms with Crippen molar-refractivity contribution in [1.29, 1.82) is 0 Å². The van der Waals surface area contributed by atoms with Crippen molar-refractivity contribution in [2.24, 2.45) is 29.1 Å². The minimum atomic E-state index is -1.26. The molecule has 6 atom stereocenters. The number of likely N-dealkylation sites (tertiary alicyclic amines) is 1. The Morgan fingerprint density at radius 1 is 0.881 bits per heavy atom. The standard InChI is InChI=1S/C34H29FN2O5/c1-34-25(31(40)37(33(34)42)21-10-6-3-7-11-21)17-24-22(29(34)20-12-15-27(38)26(35)16-20)13-14-23-28(24)32(41)36(30(23)39)18-19-8-4-2-5-9-19/h2-13,15-16,23-25,28-29,38H,14,17-18H2,1H3/t23-,24+,25-,28-,29-,34+/m0/s1. The van der Waals surface area contributed by atoms with Crippen LogP contribution in [-0.2, 0) is 25.7 Å². The summed E-state index contributed by atoms with van der Waals surface area (Å²) >= 11 is 0. The zero-order chi connectivity index (χ0) is 29.3. The molecule has 42 heavy (non-hydrogen) atoms. The molecule has 1 saturated carbocycles. The summed E-state index contributed by atoms with van der Waals surface area (Å²) in [5.74, 6) is -5.84. The third-order valence-corrected chi connectivity index (χ3v) is 9.87. The van der Waals surface area contributed by atoms with Crippen LogP contribution in [0.2, 0.25) is 0 Å². The Morgan fingerprint density at radius 2 is 1.57 bits per heavy atom. The van der Waals surface area contributed by atoms with E-state index in [-0.39, 0.29) is 36.6 Å². The Morgan fingerprint density at radius 3 is 2.26 bits per heavy atom. The van der Waals surface area contributed by atoms with Gasteiger partial charge in [-0.3, -0.25) is 24.1 Å². The van der Waals surface area contributed by atoms with Crippen LogP contribution in [-0.4, -0.2) is 33.6 Å². The number of amides is 4. The largest absolute Gasteiger partial charge is 0.505 e. The molecule has 1 N–H and O–H groups in total. The van der Waals surface area contributed by atoms with E-state index in [0.717, 1.165) is 11.1 Å². The fourth-order valence-corrected chi connectivity index (χ4v) is 7.91. The first-order valence-electron chi connectivity index (χ1n) is 14.2. The van der Waals surface area contributed by atoms with E-state index >= 15 is 0 Å². The fourth-order valence-electron chi connectivity index (χ4n) is 7.91. The second-order valence-electron chi connectivity index (χ2n) is 12.0. The number of aromatic hydroxyl groups is 1. The Bertz CT molecular complexity index is 1670. The van der Waals surface area contributed by atoms with Crippen molar-refractivity contribution in [2.75, 3.05) is 4.90 Å². The molecule has 0 unspecified atom stereocenters. The summed E-state index contributed by atoms with van der Waals surface area (Å²) in [5, 5.41) is 9.94. The van der Waals surface area contributed by atoms with Gasteiger partial charge in [-0.1, -0.05) is 66.2 Å². The molecule has 3 aromatic rings. The van der Waals surface area contributed by atoms with Crippen LogP contribution in [0.3, 0.4) is 0 Å². The van der Waals surface area contributed by atoms with Gasteiger partial charge in [-0.05, 0) is 61.1 Å². The average Bonchev–Trinajstić information content (AvgIpc) is 3.35. The number of fused-ring (bicyclic) bond motifs is 4. The summed E-state index contributed by atoms with van der Waals surface area (Å²) in [7, 11) is 0. The Kier molecular flexibility index (Phi) is 5.94. The van der Waals surface area contributed by atoms with Crippen LogP contribution < -0.4 is 4.90 Å². The first-order chi connectivity index (χ1) is 20.2. The van der Waals surface area contributed by atoms with Gasteiger partial charge < -0.3 is 5.11 Å². The molecule has 0 bridgehead atoms. The number of benzene rings is 3. The van der Waals surface area contributed by atoms with Crippen molar-refractivity contribution in [3.05, 3.63) is 107 Å². The van der Waals surface area contributed by atoms with Crippen molar-refractivity contribution >= 4 is 29.3 Å². The molecular weight excluding hydrogens is 535 g/mol. The summed E-state index contributed by atoms with van der Waals surface area (Å²) in [6, 6.07) is 22.1. The predicted molar refractivity (Wildman–Crippen MR) is 151 cm³/mol. The lowest BCUT2D eigenvalue weighted by Gasteiger charge is -2.49. The summed E-state index contributed by atoms with van der Waals surface area (Å²) in [6.45, 7) is 1.92. The van der Waals surface area contributed by atoms with E-state index in [2.05, 4.69) is 0 Å². The van der Waals surface area contributed by atoms with Crippen molar-refractivity contribution in [3.8, 4) is 5.75 Å². The summed E-state index contributed by atoms with van der Waals surface area (Å²) in [5.41, 5.74) is 1.26. The second-order valence-corrected chi connectivity index (χ2v) is 12.0. The molecule has 2 aliphatic carbocycles. The van der Waals surface area contributed by atoms with Crippen LogP contribution in [0.25, 0.3) is 0 Å². The number of carbonyl (C=O) groups is 4. The lowest BCUT2D eigenvalue weighted by molar-refractivity contribution is -0.141. The highest BCUT2D eigenvalue weighted by Crippen LogP contribution is 2.63. The van der Waals surface area contributed by atoms with Gasteiger partial charge in [0, 0.05) is 5.92 Å². The highest BCUT2D eigenvalue weighted by Gasteiger charge is 2.67. The molecule has 212 valence electrons. The lowest BCUT2D eigenvalue weighted by Crippen LogP contribution is -2.48. The van der Waals surface area contributed by atoms with Gasteiger partial charge >= 0.3 is 0 Å². The molecule has 8 heteroatoms. The zero-order valence-electron chi connectivity index (χ0n) is 22.9. The number of rotatable bonds is 4. The van der Waals surface area contributed by atoms with E-state index in [1.54, 1.807) is 43.3 Å². The molecule has 4 amide bonds. The third kappa shape index (κ3) is 3.63. The number of phenols is 1. The third-order valence-electron chi connectivity index (χ3n) is 9.87. The van der Waals surface area contributed by atoms with Gasteiger partial charge in [0.15, 0.2) is 11.6 Å². The smallest absolute Gasteiger partial charge is 0.241 e. The number of imide groups is 2. The molecule has 0 radical (unpaired) electrons. The molecule has 3 aromatic carbocycles. The molecule has 7 rings (SSSR count). The van der Waals surface area contributed by atoms with Gasteiger partial charge in [0.05, 0.1) is 35.4 Å². The first kappa shape index (κ1) is 26.3. The highest BCUT2D eigenvalue weighted by molar-refractivity contribution is 6.24. The zero-order valence-corrected chi connectivity index (χ0v) is 22.9. The number of hydrogen-bond acceptors (Lipinski definition) is 5. The Labute approximate surface area is 242 Å². The summed E-state index contributed by atoms with van der Waals surface area (Å²) in [4.78, 5) is 58.5. The number of para-hydroxylation sites is 1. The van der Waals surface area contributed by atoms with E-state index < -0.39 is 46.6 Å². The quantitative estimate of drug-likeness (QED) is 0.357. The van der Waals surface area contributed by atoms with Gasteiger partial charge in [0.25, 0.3) is 0 Å². The van der Waals surface area contributed by atoms with Crippen molar-refractivity contribution in [2.45, 2.75) is 32.2 Å². The molecule has 3 fully saturated rings. The van der Waals surface area contributed by atoms with Crippen LogP contribution in [0.5, 0.6) is 5.75 Å². The molecule has 4 aliphatic rings. The molecule has 2 aliphatic heterocycles. The van der Waals surface area contributed by atoms with Crippen molar-refractivity contribution < 1.29 is 28.7 Å². The van der Waals surface area contributed by atoms with Gasteiger partial charge in [-0.25, -0.2) is 9.29 Å². The van der Waals surface area contributed by atoms with E-state index in [1.165, 1.54) is 21.9 Å². The lowest BCUT2D eigenvalue weighted by atomic mass is 9.51. The van der Waals surface area contributed by atoms with E-state index in [1.807, 2.05) is 36.4 Å². The SMILES string of the molecule is C[C@@]12C(=O)N(c3ccccc3)C(=O)[C@@H]1C[C@@H]1C(=CC[C@@H]3C(=O)N(Cc4ccccc4)C(=O)[C@@H]31)[C@@H]2c1ccc(O)c(F)c1. The van der Waals surface area contributed by atoms with Gasteiger partial charge in [0.2, 0.25) is 23.6 Å². The maximum atomic E-state index is 14.8. The second kappa shape index (κ2) is 9.48. The van der Waals surface area contributed by atoms with Gasteiger partial charge in [-0.15, -0.1) is 0 Å². The van der Waals surface area contributed by atoms with Crippen LogP contribution in [0.15, 0.2) is 90.5 Å². The monoisotopic (exact) mass is 564 g/mol. The topological polar surface area (TPSA) is 95.0 Å². The average molecular weight is 565 g/mol. The molecular formula is C34H29FN2O5. The van der Waals surface area contributed by atoms with Crippen LogP contribution in [0.1, 0.15) is 36.8 Å². The number of halogens is 1. The number of phenolic OH excluding ortho intramolecular Hbond substituents is 1. The Hall–Kier alpha value is -4.59. The summed E-state index contributed by atoms with van der Waals surface area (Å²) in [6.07, 6.45) is 2.48. The van der Waals surface area contributed by atoms with Crippen LogP contribution >= 0.6 is 0 Å². The Balaban J connectivity index is 1.34. The number of anilines is 1. The molecule has 2 heterocycles. The molecule has 0 spiro atoms. The number of carbonyl (C=O) groups excluding carboxylic acids is 4. The number of allylic oxidation sites excluding steroid dienone is 2. The molecule has 2 saturated heterocycles. The van der Waals surface area contributed by atoms with E-state index in [9.17, 15) is 28.7 Å². The van der Waals surface area contributed by atoms with Crippen LogP contribution in [0, 0.1) is 34.9 Å². The number of nitrogens with zero attached hydrogens (tertiary/aromatic N) is 2. The normalized spacial score (nSPS) is 30.2. The van der Waals surface area contributed by atoms with E-state index in [0.29, 0.717) is 17.7 Å².